The molecule has 2 heterocycles. The molecular formula is C13H24N5O+. The lowest BCUT2D eigenvalue weighted by molar-refractivity contribution is -0.894. The zero-order chi connectivity index (χ0) is 13.9. The van der Waals surface area contributed by atoms with Crippen molar-refractivity contribution in [3.63, 3.8) is 0 Å². The second kappa shape index (κ2) is 5.63. The first-order valence-corrected chi connectivity index (χ1v) is 6.64. The first-order chi connectivity index (χ1) is 8.96. The summed E-state index contributed by atoms with van der Waals surface area (Å²) in [5.41, 5.74) is 12.4. The molecule has 0 aromatic carbocycles. The number of nitrogens with zero attached hydrogens (tertiary/aromatic N) is 3. The Morgan fingerprint density at radius 3 is 2.63 bits per heavy atom. The molecule has 0 amide bonds. The van der Waals surface area contributed by atoms with Crippen LogP contribution in [0.25, 0.3) is 0 Å². The molecule has 1 aromatic rings. The van der Waals surface area contributed by atoms with Crippen LogP contribution in [0, 0.1) is 0 Å². The topological polar surface area (TPSA) is 77.4 Å². The van der Waals surface area contributed by atoms with Gasteiger partial charge in [0.25, 0.3) is 0 Å². The molecule has 1 aromatic heterocycles. The Labute approximate surface area is 114 Å². The van der Waals surface area contributed by atoms with Gasteiger partial charge < -0.3 is 20.7 Å². The van der Waals surface area contributed by atoms with Gasteiger partial charge in [-0.05, 0) is 6.07 Å². The van der Waals surface area contributed by atoms with Gasteiger partial charge in [0.15, 0.2) is 0 Å². The maximum Gasteiger partial charge on any atom is 0.237 e. The van der Waals surface area contributed by atoms with E-state index in [1.54, 1.807) is 12.3 Å². The summed E-state index contributed by atoms with van der Waals surface area (Å²) in [7, 11) is 4.54. The molecule has 1 aliphatic rings. The zero-order valence-electron chi connectivity index (χ0n) is 11.8. The summed E-state index contributed by atoms with van der Waals surface area (Å²) in [6.45, 7) is 6.10. The monoisotopic (exact) mass is 266 g/mol. The molecule has 6 heteroatoms. The van der Waals surface area contributed by atoms with Crippen molar-refractivity contribution in [1.29, 1.82) is 0 Å². The van der Waals surface area contributed by atoms with Gasteiger partial charge in [-0.2, -0.15) is 0 Å². The molecule has 2 rings (SSSR count). The highest BCUT2D eigenvalue weighted by atomic mass is 16.5. The van der Waals surface area contributed by atoms with E-state index < -0.39 is 0 Å². The van der Waals surface area contributed by atoms with E-state index in [4.69, 9.17) is 16.2 Å². The smallest absolute Gasteiger partial charge is 0.237 e. The van der Waals surface area contributed by atoms with Crippen LogP contribution in [0.4, 0.5) is 11.4 Å². The number of hydrogen-bond donors (Lipinski definition) is 2. The molecule has 1 aliphatic heterocycles. The Balaban J connectivity index is 1.75. The number of pyridine rings is 1. The van der Waals surface area contributed by atoms with Gasteiger partial charge in [0, 0.05) is 19.6 Å². The number of quaternary nitrogens is 1. The maximum absolute atomic E-state index is 5.79. The number of nitrogen functional groups attached to an aromatic ring is 2. The largest absolute Gasteiger partial charge is 0.475 e. The number of nitrogens with two attached hydrogens (primary N) is 2. The van der Waals surface area contributed by atoms with Gasteiger partial charge in [-0.15, -0.1) is 0 Å². The summed E-state index contributed by atoms with van der Waals surface area (Å²) in [6, 6.07) is 1.67. The molecule has 1 fully saturated rings. The van der Waals surface area contributed by atoms with Gasteiger partial charge >= 0.3 is 0 Å². The fourth-order valence-corrected chi connectivity index (χ4v) is 2.15. The predicted octanol–water partition coefficient (Wildman–Crippen LogP) is 0.0168. The van der Waals surface area contributed by atoms with Crippen LogP contribution in [-0.2, 0) is 0 Å². The van der Waals surface area contributed by atoms with Crippen LogP contribution in [-0.4, -0.2) is 67.8 Å². The standard InChI is InChI=1S/C13H24N5O/c1-18(2)6-3-17(4-7-18)5-8-19-13-12(15)9-11(14)10-16-13/h9-10H,3-8,14-15H2,1-2H3/q+1. The van der Waals surface area contributed by atoms with Crippen molar-refractivity contribution in [1.82, 2.24) is 9.88 Å². The molecule has 0 saturated carbocycles. The van der Waals surface area contributed by atoms with Crippen LogP contribution < -0.4 is 16.2 Å². The van der Waals surface area contributed by atoms with Gasteiger partial charge in [-0.3, -0.25) is 4.90 Å². The summed E-state index contributed by atoms with van der Waals surface area (Å²) >= 11 is 0. The number of piperazine rings is 1. The van der Waals surface area contributed by atoms with E-state index in [-0.39, 0.29) is 0 Å². The van der Waals surface area contributed by atoms with Gasteiger partial charge in [0.1, 0.15) is 6.61 Å². The summed E-state index contributed by atoms with van der Waals surface area (Å²) in [6.07, 6.45) is 1.56. The number of aromatic nitrogens is 1. The van der Waals surface area contributed by atoms with Gasteiger partial charge in [-0.1, -0.05) is 0 Å². The second-order valence-corrected chi connectivity index (χ2v) is 5.74. The maximum atomic E-state index is 5.79. The number of anilines is 2. The molecule has 0 radical (unpaired) electrons. The molecule has 0 atom stereocenters. The average molecular weight is 266 g/mol. The lowest BCUT2D eigenvalue weighted by Crippen LogP contribution is -2.55. The van der Waals surface area contributed by atoms with Gasteiger partial charge in [0.05, 0.1) is 44.8 Å². The van der Waals surface area contributed by atoms with Crippen molar-refractivity contribution in [2.75, 3.05) is 64.9 Å². The highest BCUT2D eigenvalue weighted by Gasteiger charge is 2.23. The Bertz CT molecular complexity index is 425. The van der Waals surface area contributed by atoms with Crippen molar-refractivity contribution in [3.05, 3.63) is 12.3 Å². The predicted molar refractivity (Wildman–Crippen MR) is 76.8 cm³/mol. The molecule has 6 nitrogen and oxygen atoms in total. The summed E-state index contributed by atoms with van der Waals surface area (Å²) in [5, 5.41) is 0. The fraction of sp³-hybridized carbons (Fsp3) is 0.615. The third-order valence-corrected chi connectivity index (χ3v) is 3.59. The second-order valence-electron chi connectivity index (χ2n) is 5.74. The van der Waals surface area contributed by atoms with Crippen molar-refractivity contribution >= 4 is 11.4 Å². The quantitative estimate of drug-likeness (QED) is 0.751. The molecule has 0 bridgehead atoms. The first kappa shape index (κ1) is 13.9. The summed E-state index contributed by atoms with van der Waals surface area (Å²) in [4.78, 5) is 6.50. The van der Waals surface area contributed by atoms with Crippen LogP contribution in [0.3, 0.4) is 0 Å². The van der Waals surface area contributed by atoms with Crippen LogP contribution in [0.15, 0.2) is 12.3 Å². The van der Waals surface area contributed by atoms with Crippen LogP contribution in [0.2, 0.25) is 0 Å². The Morgan fingerprint density at radius 1 is 1.32 bits per heavy atom. The summed E-state index contributed by atoms with van der Waals surface area (Å²) < 4.78 is 6.71. The lowest BCUT2D eigenvalue weighted by Gasteiger charge is -2.38. The molecular weight excluding hydrogens is 242 g/mol. The molecule has 0 aliphatic carbocycles. The normalized spacial score (nSPS) is 19.3. The highest BCUT2D eigenvalue weighted by Crippen LogP contribution is 2.19. The zero-order valence-corrected chi connectivity index (χ0v) is 11.8. The lowest BCUT2D eigenvalue weighted by atomic mass is 10.3. The van der Waals surface area contributed by atoms with Crippen LogP contribution in [0.1, 0.15) is 0 Å². The van der Waals surface area contributed by atoms with Crippen molar-refractivity contribution < 1.29 is 9.22 Å². The molecule has 106 valence electrons. The van der Waals surface area contributed by atoms with Crippen molar-refractivity contribution in [2.24, 2.45) is 0 Å². The average Bonchev–Trinajstić information content (AvgIpc) is 2.34. The third kappa shape index (κ3) is 3.97. The van der Waals surface area contributed by atoms with E-state index in [1.807, 2.05) is 0 Å². The van der Waals surface area contributed by atoms with Gasteiger partial charge in [-0.25, -0.2) is 4.98 Å². The minimum Gasteiger partial charge on any atom is -0.475 e. The molecule has 4 N–H and O–H groups in total. The van der Waals surface area contributed by atoms with Crippen molar-refractivity contribution in [2.45, 2.75) is 0 Å². The molecule has 19 heavy (non-hydrogen) atoms. The Morgan fingerprint density at radius 2 is 2.00 bits per heavy atom. The number of rotatable bonds is 4. The van der Waals surface area contributed by atoms with E-state index in [2.05, 4.69) is 24.0 Å². The minimum absolute atomic E-state index is 0.474. The Hall–Kier alpha value is -1.53. The van der Waals surface area contributed by atoms with Crippen LogP contribution >= 0.6 is 0 Å². The van der Waals surface area contributed by atoms with E-state index in [0.29, 0.717) is 23.9 Å². The fourth-order valence-electron chi connectivity index (χ4n) is 2.15. The Kier molecular flexibility index (Phi) is 4.11. The minimum atomic E-state index is 0.474. The van der Waals surface area contributed by atoms with Crippen LogP contribution in [0.5, 0.6) is 5.88 Å². The molecule has 0 unspecified atom stereocenters. The van der Waals surface area contributed by atoms with Gasteiger partial charge in [0.2, 0.25) is 5.88 Å². The van der Waals surface area contributed by atoms with E-state index >= 15 is 0 Å². The van der Waals surface area contributed by atoms with E-state index in [0.717, 1.165) is 24.1 Å². The van der Waals surface area contributed by atoms with E-state index in [1.165, 1.54) is 13.1 Å². The highest BCUT2D eigenvalue weighted by molar-refractivity contribution is 5.55. The number of hydrogen-bond acceptors (Lipinski definition) is 5. The third-order valence-electron chi connectivity index (χ3n) is 3.59. The SMILES string of the molecule is C[N+]1(C)CCN(CCOc2ncc(N)cc2N)CC1. The van der Waals surface area contributed by atoms with E-state index in [9.17, 15) is 0 Å². The number of likely N-dealkylation sites (N-methyl/N-ethyl adjacent to an activating group) is 1. The summed E-state index contributed by atoms with van der Waals surface area (Å²) in [5.74, 6) is 0.474. The van der Waals surface area contributed by atoms with Crippen molar-refractivity contribution in [3.8, 4) is 5.88 Å². The molecule has 0 spiro atoms. The first-order valence-electron chi connectivity index (χ1n) is 6.64. The molecule has 1 saturated heterocycles. The number of ether oxygens (including phenoxy) is 1.